The molecule has 0 N–H and O–H groups in total. The van der Waals surface area contributed by atoms with E-state index in [0.717, 1.165) is 33.2 Å². The average Bonchev–Trinajstić information content (AvgIpc) is 3.56. The standard InChI is InChI=1S/C48H36N4/c1-47(2)40-15-9-7-13-35(40)37-25-31(21-23-42(37)47)45-50-44(30-19-17-29(18-20-30)39-28-49-27-33-11-5-6-12-34(33)39)51-46(52-45)32-22-24-43-38(26-32)36-14-8-10-16-41(36)48(43,3)4/h5-28H,1-4H3. The van der Waals surface area contributed by atoms with Crippen molar-refractivity contribution in [1.29, 1.82) is 0 Å². The SMILES string of the molecule is CC1(C)c2ccccc2-c2cc(-c3nc(-c4ccc(-c5cncc6ccccc56)cc4)nc(-c4ccc5c(c4)-c4ccccc4C5(C)C)n3)ccc21. The van der Waals surface area contributed by atoms with Crippen LogP contribution in [0.15, 0.2) is 146 Å². The Morgan fingerprint density at radius 2 is 0.808 bits per heavy atom. The van der Waals surface area contributed by atoms with Crippen molar-refractivity contribution in [1.82, 2.24) is 19.9 Å². The lowest BCUT2D eigenvalue weighted by atomic mass is 9.82. The van der Waals surface area contributed by atoms with E-state index < -0.39 is 0 Å². The number of rotatable bonds is 4. The summed E-state index contributed by atoms with van der Waals surface area (Å²) in [5.41, 5.74) is 15.3. The molecule has 4 nitrogen and oxygen atoms in total. The zero-order chi connectivity index (χ0) is 35.2. The Labute approximate surface area is 304 Å². The van der Waals surface area contributed by atoms with Crippen molar-refractivity contribution in [2.24, 2.45) is 0 Å². The molecule has 0 aliphatic heterocycles. The van der Waals surface area contributed by atoms with Crippen LogP contribution in [0.4, 0.5) is 0 Å². The summed E-state index contributed by atoms with van der Waals surface area (Å²) in [5, 5.41) is 2.30. The molecule has 0 amide bonds. The second-order valence-corrected chi connectivity index (χ2v) is 15.2. The monoisotopic (exact) mass is 668 g/mol. The van der Waals surface area contributed by atoms with Gasteiger partial charge in [0.05, 0.1) is 0 Å². The van der Waals surface area contributed by atoms with E-state index in [2.05, 4.69) is 160 Å². The maximum absolute atomic E-state index is 5.20. The van der Waals surface area contributed by atoms with Gasteiger partial charge in [-0.25, -0.2) is 15.0 Å². The lowest BCUT2D eigenvalue weighted by Crippen LogP contribution is -2.14. The highest BCUT2D eigenvalue weighted by molar-refractivity contribution is 5.96. The number of nitrogens with zero attached hydrogens (tertiary/aromatic N) is 4. The van der Waals surface area contributed by atoms with Gasteiger partial charge in [-0.1, -0.05) is 149 Å². The second kappa shape index (κ2) is 11.1. The summed E-state index contributed by atoms with van der Waals surface area (Å²) >= 11 is 0. The predicted octanol–water partition coefficient (Wildman–Crippen LogP) is 11.7. The van der Waals surface area contributed by atoms with Crippen molar-refractivity contribution in [3.8, 4) is 67.5 Å². The van der Waals surface area contributed by atoms with Gasteiger partial charge in [0.2, 0.25) is 0 Å². The minimum Gasteiger partial charge on any atom is -0.263 e. The van der Waals surface area contributed by atoms with Crippen LogP contribution >= 0.6 is 0 Å². The van der Waals surface area contributed by atoms with Gasteiger partial charge in [0.25, 0.3) is 0 Å². The van der Waals surface area contributed by atoms with Gasteiger partial charge in [-0.3, -0.25) is 4.98 Å². The first-order valence-corrected chi connectivity index (χ1v) is 18.0. The Morgan fingerprint density at radius 3 is 1.38 bits per heavy atom. The van der Waals surface area contributed by atoms with Gasteiger partial charge in [-0.05, 0) is 67.6 Å². The number of hydrogen-bond acceptors (Lipinski definition) is 4. The van der Waals surface area contributed by atoms with Crippen molar-refractivity contribution >= 4 is 10.8 Å². The molecular formula is C48H36N4. The Morgan fingerprint density at radius 1 is 0.365 bits per heavy atom. The minimum absolute atomic E-state index is 0.0737. The van der Waals surface area contributed by atoms with E-state index in [4.69, 9.17) is 15.0 Å². The molecule has 2 aliphatic carbocycles. The third-order valence-electron chi connectivity index (χ3n) is 11.4. The fourth-order valence-electron chi connectivity index (χ4n) is 8.63. The molecule has 0 radical (unpaired) electrons. The summed E-state index contributed by atoms with van der Waals surface area (Å²) in [6.45, 7) is 9.23. The van der Waals surface area contributed by atoms with E-state index in [-0.39, 0.29) is 10.8 Å². The lowest BCUT2D eigenvalue weighted by molar-refractivity contribution is 0.660. The average molecular weight is 669 g/mol. The molecule has 0 unspecified atom stereocenters. The van der Waals surface area contributed by atoms with Crippen molar-refractivity contribution in [3.63, 3.8) is 0 Å². The van der Waals surface area contributed by atoms with Gasteiger partial charge in [0, 0.05) is 50.9 Å². The Kier molecular flexibility index (Phi) is 6.53. The van der Waals surface area contributed by atoms with E-state index in [9.17, 15) is 0 Å². The highest BCUT2D eigenvalue weighted by Crippen LogP contribution is 2.51. The molecule has 2 heterocycles. The maximum atomic E-state index is 5.20. The molecule has 0 saturated heterocycles. The maximum Gasteiger partial charge on any atom is 0.164 e. The molecule has 52 heavy (non-hydrogen) atoms. The fourth-order valence-corrected chi connectivity index (χ4v) is 8.63. The highest BCUT2D eigenvalue weighted by Gasteiger charge is 2.36. The molecule has 0 bridgehead atoms. The predicted molar refractivity (Wildman–Crippen MR) is 212 cm³/mol. The van der Waals surface area contributed by atoms with E-state index in [1.54, 1.807) is 0 Å². The molecule has 4 heteroatoms. The van der Waals surface area contributed by atoms with Crippen LogP contribution in [-0.4, -0.2) is 19.9 Å². The molecule has 0 atom stereocenters. The number of hydrogen-bond donors (Lipinski definition) is 0. The van der Waals surface area contributed by atoms with Crippen LogP contribution in [0, 0.1) is 0 Å². The van der Waals surface area contributed by atoms with Crippen LogP contribution < -0.4 is 0 Å². The first-order chi connectivity index (χ1) is 25.3. The lowest BCUT2D eigenvalue weighted by Gasteiger charge is -2.21. The summed E-state index contributed by atoms with van der Waals surface area (Å²) in [6.07, 6.45) is 3.86. The van der Waals surface area contributed by atoms with Crippen LogP contribution in [0.3, 0.4) is 0 Å². The molecule has 0 saturated carbocycles. The normalized spacial score (nSPS) is 14.5. The smallest absolute Gasteiger partial charge is 0.164 e. The van der Waals surface area contributed by atoms with Crippen molar-refractivity contribution in [2.75, 3.05) is 0 Å². The van der Waals surface area contributed by atoms with E-state index in [0.29, 0.717) is 17.5 Å². The molecular weight excluding hydrogens is 633 g/mol. The number of benzene rings is 6. The summed E-state index contributed by atoms with van der Waals surface area (Å²) in [4.78, 5) is 20.1. The second-order valence-electron chi connectivity index (χ2n) is 15.2. The summed E-state index contributed by atoms with van der Waals surface area (Å²) in [7, 11) is 0. The quantitative estimate of drug-likeness (QED) is 0.187. The van der Waals surface area contributed by atoms with Crippen LogP contribution in [0.5, 0.6) is 0 Å². The molecule has 2 aliphatic rings. The van der Waals surface area contributed by atoms with Gasteiger partial charge in [-0.15, -0.1) is 0 Å². The number of pyridine rings is 1. The van der Waals surface area contributed by atoms with Gasteiger partial charge >= 0.3 is 0 Å². The first kappa shape index (κ1) is 30.6. The van der Waals surface area contributed by atoms with E-state index in [1.165, 1.54) is 49.9 Å². The largest absolute Gasteiger partial charge is 0.263 e. The molecule has 0 fully saturated rings. The zero-order valence-corrected chi connectivity index (χ0v) is 29.6. The first-order valence-electron chi connectivity index (χ1n) is 18.0. The summed E-state index contributed by atoms with van der Waals surface area (Å²) in [5.74, 6) is 1.96. The summed E-state index contributed by atoms with van der Waals surface area (Å²) in [6, 6.07) is 47.8. The van der Waals surface area contributed by atoms with Crippen LogP contribution in [-0.2, 0) is 10.8 Å². The van der Waals surface area contributed by atoms with Crippen molar-refractivity contribution in [2.45, 2.75) is 38.5 Å². The Balaban J connectivity index is 1.13. The minimum atomic E-state index is -0.0737. The highest BCUT2D eigenvalue weighted by atomic mass is 15.0. The van der Waals surface area contributed by atoms with Crippen molar-refractivity contribution in [3.05, 3.63) is 168 Å². The van der Waals surface area contributed by atoms with E-state index >= 15 is 0 Å². The fraction of sp³-hybridized carbons (Fsp3) is 0.125. The molecule has 8 aromatic rings. The number of aromatic nitrogens is 4. The van der Waals surface area contributed by atoms with Crippen LogP contribution in [0.1, 0.15) is 49.9 Å². The van der Waals surface area contributed by atoms with Crippen molar-refractivity contribution < 1.29 is 0 Å². The molecule has 248 valence electrons. The molecule has 0 spiro atoms. The van der Waals surface area contributed by atoms with Crippen LogP contribution in [0.25, 0.3) is 78.3 Å². The van der Waals surface area contributed by atoms with Gasteiger partial charge in [-0.2, -0.15) is 0 Å². The number of fused-ring (bicyclic) bond motifs is 7. The Bertz CT molecular complexity index is 2610. The van der Waals surface area contributed by atoms with E-state index in [1.807, 2.05) is 18.5 Å². The Hall–Kier alpha value is -6.26. The molecule has 2 aromatic heterocycles. The molecule has 10 rings (SSSR count). The van der Waals surface area contributed by atoms with Crippen LogP contribution in [0.2, 0.25) is 0 Å². The van der Waals surface area contributed by atoms with Gasteiger partial charge < -0.3 is 0 Å². The third-order valence-corrected chi connectivity index (χ3v) is 11.4. The summed E-state index contributed by atoms with van der Waals surface area (Å²) < 4.78 is 0. The molecule has 6 aromatic carbocycles. The zero-order valence-electron chi connectivity index (χ0n) is 29.6. The van der Waals surface area contributed by atoms with Gasteiger partial charge in [0.1, 0.15) is 0 Å². The topological polar surface area (TPSA) is 51.6 Å². The van der Waals surface area contributed by atoms with Gasteiger partial charge in [0.15, 0.2) is 17.5 Å². The third kappa shape index (κ3) is 4.53.